The zero-order valence-electron chi connectivity index (χ0n) is 6.46. The number of hydrogen-bond acceptors (Lipinski definition) is 3. The second-order valence-corrected chi connectivity index (χ2v) is 3.73. The summed E-state index contributed by atoms with van der Waals surface area (Å²) in [7, 11) is 0.101. The zero-order valence-corrected chi connectivity index (χ0v) is 7.27. The molecule has 0 aliphatic rings. The van der Waals surface area contributed by atoms with Crippen molar-refractivity contribution < 1.29 is 9.00 Å². The fourth-order valence-corrected chi connectivity index (χ4v) is 1.16. The first-order chi connectivity index (χ1) is 5.11. The Morgan fingerprint density at radius 3 is 2.73 bits per heavy atom. The van der Waals surface area contributed by atoms with Crippen LogP contribution >= 0.6 is 0 Å². The average molecular weight is 174 g/mol. The molecule has 0 bridgehead atoms. The number of rotatable bonds is 3. The minimum absolute atomic E-state index is 0.0920. The molecular formula is C6H10N2O2S. The Hall–Kier alpha value is -0.890. The molecule has 1 N–H and O–H groups in total. The molecule has 5 heteroatoms. The summed E-state index contributed by atoms with van der Waals surface area (Å²) < 4.78 is 11.0. The molecule has 0 heterocycles. The molecule has 0 radical (unpaired) electrons. The van der Waals surface area contributed by atoms with E-state index in [9.17, 15) is 9.00 Å². The van der Waals surface area contributed by atoms with Crippen molar-refractivity contribution in [2.45, 2.75) is 12.2 Å². The molecule has 4 nitrogen and oxygen atoms in total. The average Bonchev–Trinajstić information content (AvgIpc) is 2.02. The summed E-state index contributed by atoms with van der Waals surface area (Å²) >= 11 is 0. The van der Waals surface area contributed by atoms with E-state index in [0.717, 1.165) is 0 Å². The van der Waals surface area contributed by atoms with Gasteiger partial charge in [0.1, 0.15) is 11.0 Å². The van der Waals surface area contributed by atoms with Crippen LogP contribution in [0.3, 0.4) is 0 Å². The Morgan fingerprint density at radius 1 is 1.82 bits per heavy atom. The molecule has 0 aromatic rings. The molecule has 0 saturated carbocycles. The maximum absolute atomic E-state index is 11.0. The van der Waals surface area contributed by atoms with Gasteiger partial charge in [-0.25, -0.2) is 0 Å². The third kappa shape index (κ3) is 3.73. The molecule has 0 saturated heterocycles. The van der Waals surface area contributed by atoms with Crippen molar-refractivity contribution in [3.63, 3.8) is 0 Å². The second-order valence-electron chi connectivity index (χ2n) is 1.97. The Labute approximate surface area is 68.0 Å². The minimum Gasteiger partial charge on any atom is -0.358 e. The predicted octanol–water partition coefficient (Wildman–Crippen LogP) is -0.607. The summed E-state index contributed by atoms with van der Waals surface area (Å²) in [5, 5.41) is 10.1. The number of carbonyl (C=O) groups excluding carboxylic acids is 1. The molecule has 0 aromatic carbocycles. The van der Waals surface area contributed by atoms with Crippen LogP contribution in [-0.4, -0.2) is 28.2 Å². The Kier molecular flexibility index (Phi) is 4.46. The van der Waals surface area contributed by atoms with Crippen LogP contribution < -0.4 is 5.32 Å². The highest BCUT2D eigenvalue weighted by atomic mass is 32.2. The third-order valence-corrected chi connectivity index (χ3v) is 2.57. The fourth-order valence-electron chi connectivity index (χ4n) is 0.385. The van der Waals surface area contributed by atoms with Crippen LogP contribution in [0.4, 0.5) is 0 Å². The van der Waals surface area contributed by atoms with Gasteiger partial charge in [-0.1, -0.05) is 0 Å². The molecule has 0 rings (SSSR count). The first kappa shape index (κ1) is 10.1. The van der Waals surface area contributed by atoms with E-state index < -0.39 is 16.0 Å². The lowest BCUT2D eigenvalue weighted by atomic mass is 10.5. The van der Waals surface area contributed by atoms with E-state index in [4.69, 9.17) is 5.26 Å². The van der Waals surface area contributed by atoms with Crippen molar-refractivity contribution in [2.75, 3.05) is 12.8 Å². The van der Waals surface area contributed by atoms with Gasteiger partial charge in [0.05, 0.1) is 6.07 Å². The smallest absolute Gasteiger partial charge is 0.232 e. The molecule has 62 valence electrons. The van der Waals surface area contributed by atoms with Crippen molar-refractivity contribution in [3.8, 4) is 6.07 Å². The molecule has 2 atom stereocenters. The zero-order chi connectivity index (χ0) is 8.85. The van der Waals surface area contributed by atoms with Gasteiger partial charge in [-0.2, -0.15) is 5.26 Å². The lowest BCUT2D eigenvalue weighted by Crippen LogP contribution is -2.27. The molecule has 1 amide bonds. The van der Waals surface area contributed by atoms with Crippen molar-refractivity contribution in [2.24, 2.45) is 0 Å². The molecular weight excluding hydrogens is 164 g/mol. The lowest BCUT2D eigenvalue weighted by molar-refractivity contribution is -0.118. The van der Waals surface area contributed by atoms with Gasteiger partial charge < -0.3 is 5.32 Å². The van der Waals surface area contributed by atoms with Crippen molar-refractivity contribution >= 4 is 16.7 Å². The molecule has 0 spiro atoms. The van der Waals surface area contributed by atoms with Crippen LogP contribution in [0.15, 0.2) is 0 Å². The number of carbonyl (C=O) groups is 1. The van der Waals surface area contributed by atoms with Gasteiger partial charge in [-0.05, 0) is 6.92 Å². The first-order valence-electron chi connectivity index (χ1n) is 3.09. The Morgan fingerprint density at radius 2 is 2.36 bits per heavy atom. The van der Waals surface area contributed by atoms with Crippen LogP contribution in [0.2, 0.25) is 0 Å². The van der Waals surface area contributed by atoms with Crippen molar-refractivity contribution in [1.82, 2.24) is 5.32 Å². The van der Waals surface area contributed by atoms with E-state index in [0.29, 0.717) is 0 Å². The van der Waals surface area contributed by atoms with Gasteiger partial charge >= 0.3 is 0 Å². The number of nitriles is 1. The van der Waals surface area contributed by atoms with E-state index in [1.54, 1.807) is 0 Å². The van der Waals surface area contributed by atoms with Crippen LogP contribution in [0.25, 0.3) is 0 Å². The van der Waals surface area contributed by atoms with Crippen LogP contribution in [-0.2, 0) is 15.6 Å². The Balaban J connectivity index is 3.90. The molecule has 0 aliphatic heterocycles. The monoisotopic (exact) mass is 174 g/mol. The summed E-state index contributed by atoms with van der Waals surface area (Å²) in [5.74, 6) is -0.393. The summed E-state index contributed by atoms with van der Waals surface area (Å²) in [6.07, 6.45) is 0. The van der Waals surface area contributed by atoms with E-state index in [1.807, 2.05) is 6.07 Å². The number of nitrogens with one attached hydrogen (secondary N) is 1. The van der Waals surface area contributed by atoms with Gasteiger partial charge in [-0.3, -0.25) is 9.00 Å². The fraction of sp³-hybridized carbons (Fsp3) is 0.667. The summed E-state index contributed by atoms with van der Waals surface area (Å²) in [6.45, 7) is 1.53. The highest BCUT2D eigenvalue weighted by molar-refractivity contribution is 7.86. The van der Waals surface area contributed by atoms with E-state index in [-0.39, 0.29) is 11.7 Å². The van der Waals surface area contributed by atoms with E-state index >= 15 is 0 Å². The largest absolute Gasteiger partial charge is 0.358 e. The van der Waals surface area contributed by atoms with Crippen molar-refractivity contribution in [1.29, 1.82) is 5.26 Å². The molecule has 0 fully saturated rings. The number of nitrogens with zero attached hydrogens (tertiary/aromatic N) is 1. The third-order valence-electron chi connectivity index (χ3n) is 1.13. The standard InChI is InChI=1S/C6H10N2O2S/c1-5(3-7)11(10)4-6(9)8-2/h5H,4H2,1-2H3,(H,8,9). The molecule has 0 aliphatic carbocycles. The summed E-state index contributed by atoms with van der Waals surface area (Å²) in [5.41, 5.74) is 0. The van der Waals surface area contributed by atoms with E-state index in [2.05, 4.69) is 5.32 Å². The highest BCUT2D eigenvalue weighted by Crippen LogP contribution is 1.92. The van der Waals surface area contributed by atoms with Crippen molar-refractivity contribution in [3.05, 3.63) is 0 Å². The topological polar surface area (TPSA) is 70.0 Å². The van der Waals surface area contributed by atoms with E-state index in [1.165, 1.54) is 14.0 Å². The van der Waals surface area contributed by atoms with Crippen LogP contribution in [0.1, 0.15) is 6.92 Å². The first-order valence-corrected chi connectivity index (χ1v) is 4.47. The normalized spacial score (nSPS) is 14.6. The SMILES string of the molecule is CNC(=O)CS(=O)C(C)C#N. The number of hydrogen-bond donors (Lipinski definition) is 1. The van der Waals surface area contributed by atoms with Gasteiger partial charge in [0, 0.05) is 17.8 Å². The lowest BCUT2D eigenvalue weighted by Gasteiger charge is -2.00. The summed E-state index contributed by atoms with van der Waals surface area (Å²) in [4.78, 5) is 10.6. The molecule has 0 aromatic heterocycles. The Bertz CT molecular complexity index is 209. The second kappa shape index (κ2) is 4.85. The van der Waals surface area contributed by atoms with Crippen LogP contribution in [0, 0.1) is 11.3 Å². The van der Waals surface area contributed by atoms with Crippen LogP contribution in [0.5, 0.6) is 0 Å². The van der Waals surface area contributed by atoms with Gasteiger partial charge in [0.2, 0.25) is 5.91 Å². The van der Waals surface area contributed by atoms with Gasteiger partial charge in [0.25, 0.3) is 0 Å². The van der Waals surface area contributed by atoms with Gasteiger partial charge in [0.15, 0.2) is 0 Å². The maximum Gasteiger partial charge on any atom is 0.232 e. The molecule has 2 unspecified atom stereocenters. The summed E-state index contributed by atoms with van der Waals surface area (Å²) in [6, 6.07) is 1.81. The minimum atomic E-state index is -1.37. The number of amides is 1. The quantitative estimate of drug-likeness (QED) is 0.620. The predicted molar refractivity (Wildman–Crippen MR) is 42.2 cm³/mol. The molecule has 11 heavy (non-hydrogen) atoms. The van der Waals surface area contributed by atoms with Gasteiger partial charge in [-0.15, -0.1) is 0 Å². The highest BCUT2D eigenvalue weighted by Gasteiger charge is 2.12. The maximum atomic E-state index is 11.0.